The zero-order chi connectivity index (χ0) is 24.5. The fourth-order valence-electron chi connectivity index (χ4n) is 3.81. The Morgan fingerprint density at radius 3 is 2.77 bits per heavy atom. The van der Waals surface area contributed by atoms with Gasteiger partial charge in [0.15, 0.2) is 5.16 Å². The Kier molecular flexibility index (Phi) is 6.23. The molecule has 0 spiro atoms. The minimum absolute atomic E-state index is 0.0514. The molecule has 0 atom stereocenters. The number of halogens is 1. The van der Waals surface area contributed by atoms with E-state index in [0.29, 0.717) is 38.3 Å². The van der Waals surface area contributed by atoms with Gasteiger partial charge >= 0.3 is 0 Å². The van der Waals surface area contributed by atoms with E-state index in [1.54, 1.807) is 43.5 Å². The maximum Gasteiger partial charge on any atom is 0.283 e. The number of thioether (sulfide) groups is 1. The third-order valence-electron chi connectivity index (χ3n) is 5.59. The minimum Gasteiger partial charge on any atom is -0.497 e. The molecule has 2 heterocycles. The van der Waals surface area contributed by atoms with Gasteiger partial charge in [0.05, 0.1) is 18.6 Å². The van der Waals surface area contributed by atoms with Crippen LogP contribution >= 0.6 is 23.4 Å². The quantitative estimate of drug-likeness (QED) is 0.233. The summed E-state index contributed by atoms with van der Waals surface area (Å²) in [6.45, 7) is 1.90. The van der Waals surface area contributed by atoms with Crippen molar-refractivity contribution in [1.29, 1.82) is 0 Å². The smallest absolute Gasteiger partial charge is 0.283 e. The van der Waals surface area contributed by atoms with Crippen molar-refractivity contribution in [3.05, 3.63) is 87.7 Å². The third-order valence-corrected chi connectivity index (χ3v) is 6.94. The van der Waals surface area contributed by atoms with E-state index >= 15 is 0 Å². The summed E-state index contributed by atoms with van der Waals surface area (Å²) in [7, 11) is 1.57. The number of nitrogens with zero attached hydrogens (tertiary/aromatic N) is 2. The molecule has 2 aromatic heterocycles. The monoisotopic (exact) mass is 504 g/mol. The van der Waals surface area contributed by atoms with Crippen LogP contribution in [-0.2, 0) is 4.79 Å². The molecule has 0 aliphatic heterocycles. The molecule has 1 amide bonds. The highest BCUT2D eigenvalue weighted by molar-refractivity contribution is 7.99. The molecule has 0 fully saturated rings. The van der Waals surface area contributed by atoms with Crippen LogP contribution in [-0.4, -0.2) is 33.3 Å². The summed E-state index contributed by atoms with van der Waals surface area (Å²) < 4.78 is 6.85. The van der Waals surface area contributed by atoms with Gasteiger partial charge in [-0.2, -0.15) is 0 Å². The van der Waals surface area contributed by atoms with Gasteiger partial charge < -0.3 is 15.0 Å². The number of benzene rings is 3. The Morgan fingerprint density at radius 2 is 1.97 bits per heavy atom. The summed E-state index contributed by atoms with van der Waals surface area (Å²) in [6.07, 6.45) is 0. The van der Waals surface area contributed by atoms with Crippen molar-refractivity contribution in [2.75, 3.05) is 18.2 Å². The van der Waals surface area contributed by atoms with Crippen molar-refractivity contribution in [2.24, 2.45) is 0 Å². The van der Waals surface area contributed by atoms with Crippen molar-refractivity contribution in [3.63, 3.8) is 0 Å². The van der Waals surface area contributed by atoms with E-state index in [2.05, 4.69) is 10.3 Å². The van der Waals surface area contributed by atoms with Gasteiger partial charge in [-0.1, -0.05) is 53.7 Å². The normalized spacial score (nSPS) is 11.2. The van der Waals surface area contributed by atoms with E-state index < -0.39 is 0 Å². The van der Waals surface area contributed by atoms with Gasteiger partial charge in [-0.15, -0.1) is 0 Å². The molecule has 5 aromatic rings. The van der Waals surface area contributed by atoms with Gasteiger partial charge in [0.25, 0.3) is 5.56 Å². The lowest BCUT2D eigenvalue weighted by Crippen LogP contribution is -2.23. The molecule has 5 rings (SSSR count). The van der Waals surface area contributed by atoms with Crippen molar-refractivity contribution < 1.29 is 9.53 Å². The van der Waals surface area contributed by atoms with Gasteiger partial charge in [-0.25, -0.2) is 4.98 Å². The van der Waals surface area contributed by atoms with E-state index in [1.807, 2.05) is 37.3 Å². The molecule has 2 N–H and O–H groups in total. The zero-order valence-corrected chi connectivity index (χ0v) is 20.5. The van der Waals surface area contributed by atoms with Crippen LogP contribution in [0.1, 0.15) is 5.56 Å². The Bertz CT molecular complexity index is 1640. The number of amides is 1. The highest BCUT2D eigenvalue weighted by Gasteiger charge is 2.18. The second-order valence-corrected chi connectivity index (χ2v) is 9.28. The van der Waals surface area contributed by atoms with Gasteiger partial charge in [-0.05, 0) is 42.8 Å². The number of H-pyrrole nitrogens is 1. The predicted molar refractivity (Wildman–Crippen MR) is 141 cm³/mol. The largest absolute Gasteiger partial charge is 0.497 e. The number of rotatable bonds is 6. The number of carbonyl (C=O) groups is 1. The maximum atomic E-state index is 13.6. The number of anilines is 1. The first kappa shape index (κ1) is 23.0. The summed E-state index contributed by atoms with van der Waals surface area (Å²) in [5.74, 6) is 0.423. The van der Waals surface area contributed by atoms with Gasteiger partial charge in [0.2, 0.25) is 5.91 Å². The van der Waals surface area contributed by atoms with Crippen molar-refractivity contribution in [1.82, 2.24) is 14.5 Å². The molecule has 0 radical (unpaired) electrons. The molecular formula is C26H21ClN4O3S. The van der Waals surface area contributed by atoms with Crippen LogP contribution < -0.4 is 15.6 Å². The van der Waals surface area contributed by atoms with Crippen LogP contribution in [0.2, 0.25) is 5.02 Å². The highest BCUT2D eigenvalue weighted by atomic mass is 35.5. The zero-order valence-electron chi connectivity index (χ0n) is 19.0. The van der Waals surface area contributed by atoms with E-state index in [1.165, 1.54) is 16.3 Å². The maximum absolute atomic E-state index is 13.6. The molecule has 0 bridgehead atoms. The summed E-state index contributed by atoms with van der Waals surface area (Å²) in [5.41, 5.74) is 3.66. The number of fused-ring (bicyclic) bond motifs is 3. The van der Waals surface area contributed by atoms with Gasteiger partial charge in [-0.3, -0.25) is 14.2 Å². The fraction of sp³-hybridized carbons (Fsp3) is 0.115. The molecule has 0 aliphatic rings. The molecule has 35 heavy (non-hydrogen) atoms. The molecule has 9 heteroatoms. The first-order valence-corrected chi connectivity index (χ1v) is 12.2. The van der Waals surface area contributed by atoms with Crippen molar-refractivity contribution >= 4 is 56.9 Å². The second kappa shape index (κ2) is 9.48. The van der Waals surface area contributed by atoms with E-state index in [4.69, 9.17) is 21.3 Å². The van der Waals surface area contributed by atoms with E-state index in [-0.39, 0.29) is 17.2 Å². The molecular weight excluding hydrogens is 484 g/mol. The van der Waals surface area contributed by atoms with Crippen LogP contribution in [0.15, 0.2) is 76.7 Å². The van der Waals surface area contributed by atoms with Crippen LogP contribution in [0.25, 0.3) is 27.6 Å². The van der Waals surface area contributed by atoms with Crippen LogP contribution in [0, 0.1) is 6.92 Å². The fourth-order valence-corrected chi connectivity index (χ4v) is 4.80. The molecule has 0 aliphatic carbocycles. The molecule has 0 saturated carbocycles. The molecule has 176 valence electrons. The summed E-state index contributed by atoms with van der Waals surface area (Å²) in [4.78, 5) is 34.4. The first-order valence-electron chi connectivity index (χ1n) is 10.8. The predicted octanol–water partition coefficient (Wildman–Crippen LogP) is 5.57. The highest BCUT2D eigenvalue weighted by Crippen LogP contribution is 2.28. The third kappa shape index (κ3) is 4.50. The average Bonchev–Trinajstić information content (AvgIpc) is 3.24. The van der Waals surface area contributed by atoms with Crippen LogP contribution in [0.5, 0.6) is 5.75 Å². The SMILES string of the molecule is COc1cccc(-n2c(SCC(=O)Nc3ccc(C)c(Cl)c3)nc3c([nH]c4ccccc43)c2=O)c1. The lowest BCUT2D eigenvalue weighted by Gasteiger charge is -2.13. The Balaban J connectivity index is 1.55. The number of ether oxygens (including phenoxy) is 1. The van der Waals surface area contributed by atoms with Crippen LogP contribution in [0.3, 0.4) is 0 Å². The van der Waals surface area contributed by atoms with Crippen molar-refractivity contribution in [2.45, 2.75) is 12.1 Å². The van der Waals surface area contributed by atoms with Crippen molar-refractivity contribution in [3.8, 4) is 11.4 Å². The lowest BCUT2D eigenvalue weighted by molar-refractivity contribution is -0.113. The summed E-state index contributed by atoms with van der Waals surface area (Å²) in [6, 6.07) is 20.1. The number of hydrogen-bond donors (Lipinski definition) is 2. The summed E-state index contributed by atoms with van der Waals surface area (Å²) in [5, 5.41) is 4.67. The molecule has 0 unspecified atom stereocenters. The number of methoxy groups -OCH3 is 1. The average molecular weight is 505 g/mol. The second-order valence-electron chi connectivity index (χ2n) is 7.93. The van der Waals surface area contributed by atoms with E-state index in [0.717, 1.165) is 16.5 Å². The van der Waals surface area contributed by atoms with Gasteiger partial charge in [0, 0.05) is 27.7 Å². The topological polar surface area (TPSA) is 89.0 Å². The number of carbonyl (C=O) groups excluding carboxylic acids is 1. The Morgan fingerprint density at radius 1 is 1.14 bits per heavy atom. The lowest BCUT2D eigenvalue weighted by atomic mass is 10.2. The number of hydrogen-bond acceptors (Lipinski definition) is 5. The number of aromatic nitrogens is 3. The standard InChI is InChI=1S/C26H21ClN4O3S/c1-15-10-11-16(12-20(15)27)28-22(32)14-35-26-30-23-19-8-3-4-9-21(19)29-24(23)25(33)31(26)17-6-5-7-18(13-17)34-2/h3-13,29H,14H2,1-2H3,(H,28,32). The Hall–Kier alpha value is -3.75. The molecule has 7 nitrogen and oxygen atoms in total. The molecule has 0 saturated heterocycles. The number of para-hydroxylation sites is 1. The Labute approximate surface area is 210 Å². The molecule has 3 aromatic carbocycles. The summed E-state index contributed by atoms with van der Waals surface area (Å²) >= 11 is 7.36. The van der Waals surface area contributed by atoms with Gasteiger partial charge in [0.1, 0.15) is 16.8 Å². The minimum atomic E-state index is -0.257. The first-order chi connectivity index (χ1) is 16.9. The van der Waals surface area contributed by atoms with E-state index in [9.17, 15) is 9.59 Å². The number of aryl methyl sites for hydroxylation is 1. The van der Waals surface area contributed by atoms with Crippen LogP contribution in [0.4, 0.5) is 5.69 Å². The number of aromatic amines is 1. The number of nitrogens with one attached hydrogen (secondary N) is 2.